The Labute approximate surface area is 181 Å². The molecule has 0 unspecified atom stereocenters. The zero-order valence-corrected chi connectivity index (χ0v) is 18.4. The van der Waals surface area contributed by atoms with Gasteiger partial charge in [-0.25, -0.2) is 0 Å². The van der Waals surface area contributed by atoms with E-state index >= 15 is 0 Å². The molecule has 0 saturated carbocycles. The number of nitrogens with zero attached hydrogens (tertiary/aromatic N) is 3. The number of aryl methyl sites for hydroxylation is 1. The minimum Gasteiger partial charge on any atom is -0.486 e. The molecule has 0 saturated heterocycles. The van der Waals surface area contributed by atoms with Gasteiger partial charge in [-0.3, -0.25) is 9.36 Å². The normalized spacial score (nSPS) is 11.8. The number of hydrogen-bond acceptors (Lipinski definition) is 6. The van der Waals surface area contributed by atoms with E-state index in [-0.39, 0.29) is 11.2 Å². The summed E-state index contributed by atoms with van der Waals surface area (Å²) >= 11 is 1.39. The van der Waals surface area contributed by atoms with Gasteiger partial charge >= 0.3 is 5.97 Å². The monoisotopic (exact) mass is 425 g/mol. The highest BCUT2D eigenvalue weighted by Crippen LogP contribution is 2.27. The number of carbonyl (C=O) groups is 1. The standard InChI is InChI=1S/C23H27N3O3S/c1-4-20(22(27)28-5-2)30-23-25-24-21(16-29-19-13-11-17(3)12-14-19)26(23)15-18-9-7-6-8-10-18/h6-14,20H,4-5,15-16H2,1-3H3/t20-/m1/s1. The molecule has 0 radical (unpaired) electrons. The van der Waals surface area contributed by atoms with E-state index in [0.717, 1.165) is 11.3 Å². The fourth-order valence-corrected chi connectivity index (χ4v) is 3.85. The molecule has 0 fully saturated rings. The highest BCUT2D eigenvalue weighted by atomic mass is 32.2. The summed E-state index contributed by atoms with van der Waals surface area (Å²) in [5.41, 5.74) is 2.30. The number of carbonyl (C=O) groups excluding carboxylic acids is 1. The van der Waals surface area contributed by atoms with Crippen molar-refractivity contribution >= 4 is 17.7 Å². The van der Waals surface area contributed by atoms with Crippen LogP contribution in [0.2, 0.25) is 0 Å². The Morgan fingerprint density at radius 2 is 1.80 bits per heavy atom. The lowest BCUT2D eigenvalue weighted by atomic mass is 10.2. The minimum absolute atomic E-state index is 0.225. The van der Waals surface area contributed by atoms with E-state index < -0.39 is 0 Å². The maximum Gasteiger partial charge on any atom is 0.319 e. The second-order valence-corrected chi connectivity index (χ2v) is 8.01. The van der Waals surface area contributed by atoms with E-state index in [0.29, 0.717) is 37.2 Å². The van der Waals surface area contributed by atoms with Crippen LogP contribution in [0.1, 0.15) is 37.2 Å². The molecule has 0 bridgehead atoms. The van der Waals surface area contributed by atoms with Crippen LogP contribution in [-0.4, -0.2) is 32.6 Å². The van der Waals surface area contributed by atoms with Crippen molar-refractivity contribution < 1.29 is 14.3 Å². The summed E-state index contributed by atoms with van der Waals surface area (Å²) < 4.78 is 13.1. The predicted molar refractivity (Wildman–Crippen MR) is 118 cm³/mol. The number of aromatic nitrogens is 3. The van der Waals surface area contributed by atoms with Crippen molar-refractivity contribution in [3.63, 3.8) is 0 Å². The van der Waals surface area contributed by atoms with Crippen molar-refractivity contribution in [1.82, 2.24) is 14.8 Å². The van der Waals surface area contributed by atoms with Crippen molar-refractivity contribution in [2.24, 2.45) is 0 Å². The summed E-state index contributed by atoms with van der Waals surface area (Å²) in [6.45, 7) is 7.07. The molecule has 158 valence electrons. The van der Waals surface area contributed by atoms with Gasteiger partial charge in [0.2, 0.25) is 0 Å². The second-order valence-electron chi connectivity index (χ2n) is 6.84. The summed E-state index contributed by atoms with van der Waals surface area (Å²) in [6.07, 6.45) is 0.650. The predicted octanol–water partition coefficient (Wildman–Crippen LogP) is 4.65. The first-order valence-corrected chi connectivity index (χ1v) is 11.0. The first-order valence-electron chi connectivity index (χ1n) is 10.1. The Hall–Kier alpha value is -2.80. The van der Waals surface area contributed by atoms with Gasteiger partial charge in [0.15, 0.2) is 11.0 Å². The van der Waals surface area contributed by atoms with E-state index in [1.807, 2.05) is 67.8 Å². The summed E-state index contributed by atoms with van der Waals surface area (Å²) in [7, 11) is 0. The molecule has 6 nitrogen and oxygen atoms in total. The van der Waals surface area contributed by atoms with E-state index in [1.165, 1.54) is 17.3 Å². The lowest BCUT2D eigenvalue weighted by Gasteiger charge is -2.15. The maximum absolute atomic E-state index is 12.3. The van der Waals surface area contributed by atoms with Crippen molar-refractivity contribution in [3.8, 4) is 5.75 Å². The van der Waals surface area contributed by atoms with Crippen molar-refractivity contribution in [2.45, 2.75) is 50.8 Å². The summed E-state index contributed by atoms with van der Waals surface area (Å²) in [4.78, 5) is 12.3. The van der Waals surface area contributed by atoms with Gasteiger partial charge in [-0.05, 0) is 38.0 Å². The number of hydrogen-bond donors (Lipinski definition) is 0. The number of ether oxygens (including phenoxy) is 2. The number of esters is 1. The molecular formula is C23H27N3O3S. The summed E-state index contributed by atoms with van der Waals surface area (Å²) in [6, 6.07) is 18.0. The first kappa shape index (κ1) is 21.9. The Balaban J connectivity index is 1.82. The average Bonchev–Trinajstić information content (AvgIpc) is 3.13. The van der Waals surface area contributed by atoms with Crippen LogP contribution >= 0.6 is 11.8 Å². The van der Waals surface area contributed by atoms with Crippen LogP contribution in [0.4, 0.5) is 0 Å². The van der Waals surface area contributed by atoms with E-state index in [2.05, 4.69) is 22.3 Å². The number of benzene rings is 2. The third kappa shape index (κ3) is 5.86. The zero-order valence-electron chi connectivity index (χ0n) is 17.6. The van der Waals surface area contributed by atoms with Crippen LogP contribution in [0.25, 0.3) is 0 Å². The smallest absolute Gasteiger partial charge is 0.319 e. The summed E-state index contributed by atoms with van der Waals surface area (Å²) in [5.74, 6) is 1.26. The second kappa shape index (κ2) is 10.8. The Kier molecular flexibility index (Phi) is 7.90. The lowest BCUT2D eigenvalue weighted by Crippen LogP contribution is -2.20. The molecule has 3 rings (SSSR count). The van der Waals surface area contributed by atoms with Gasteiger partial charge in [0.05, 0.1) is 13.2 Å². The molecule has 1 aromatic heterocycles. The van der Waals surface area contributed by atoms with Crippen LogP contribution in [0, 0.1) is 6.92 Å². The Morgan fingerprint density at radius 3 is 2.47 bits per heavy atom. The highest BCUT2D eigenvalue weighted by Gasteiger charge is 2.24. The quantitative estimate of drug-likeness (QED) is 0.348. The van der Waals surface area contributed by atoms with Gasteiger partial charge in [0, 0.05) is 0 Å². The fraction of sp³-hybridized carbons (Fsp3) is 0.348. The number of rotatable bonds is 10. The van der Waals surface area contributed by atoms with Gasteiger partial charge in [0.25, 0.3) is 0 Å². The molecule has 7 heteroatoms. The van der Waals surface area contributed by atoms with E-state index in [1.54, 1.807) is 0 Å². The molecule has 0 N–H and O–H groups in total. The van der Waals surface area contributed by atoms with E-state index in [4.69, 9.17) is 9.47 Å². The largest absolute Gasteiger partial charge is 0.486 e. The number of thioether (sulfide) groups is 1. The Morgan fingerprint density at radius 1 is 1.07 bits per heavy atom. The van der Waals surface area contributed by atoms with Gasteiger partial charge in [-0.1, -0.05) is 66.7 Å². The molecule has 0 amide bonds. The van der Waals surface area contributed by atoms with Crippen LogP contribution in [0.15, 0.2) is 59.8 Å². The van der Waals surface area contributed by atoms with Crippen LogP contribution in [-0.2, 0) is 22.7 Å². The zero-order chi connectivity index (χ0) is 21.3. The molecule has 2 aromatic carbocycles. The maximum atomic E-state index is 12.3. The average molecular weight is 426 g/mol. The first-order chi connectivity index (χ1) is 14.6. The molecule has 1 atom stereocenters. The lowest BCUT2D eigenvalue weighted by molar-refractivity contribution is -0.142. The van der Waals surface area contributed by atoms with Crippen molar-refractivity contribution in [1.29, 1.82) is 0 Å². The SMILES string of the molecule is CCOC(=O)[C@@H](CC)Sc1nnc(COc2ccc(C)cc2)n1Cc1ccccc1. The van der Waals surface area contributed by atoms with Gasteiger partial charge in [0.1, 0.15) is 17.6 Å². The van der Waals surface area contributed by atoms with Crippen LogP contribution < -0.4 is 4.74 Å². The van der Waals surface area contributed by atoms with Crippen molar-refractivity contribution in [2.75, 3.05) is 6.61 Å². The molecule has 0 spiro atoms. The minimum atomic E-state index is -0.324. The van der Waals surface area contributed by atoms with Gasteiger partial charge in [-0.15, -0.1) is 10.2 Å². The topological polar surface area (TPSA) is 66.2 Å². The molecule has 30 heavy (non-hydrogen) atoms. The third-order valence-electron chi connectivity index (χ3n) is 4.53. The molecular weight excluding hydrogens is 398 g/mol. The fourth-order valence-electron chi connectivity index (χ4n) is 2.88. The van der Waals surface area contributed by atoms with Gasteiger partial charge in [-0.2, -0.15) is 0 Å². The summed E-state index contributed by atoms with van der Waals surface area (Å²) in [5, 5.41) is 9.07. The molecule has 0 aliphatic carbocycles. The van der Waals surface area contributed by atoms with Crippen LogP contribution in [0.3, 0.4) is 0 Å². The molecule has 0 aliphatic rings. The third-order valence-corrected chi connectivity index (χ3v) is 5.86. The molecule has 0 aliphatic heterocycles. The van der Waals surface area contributed by atoms with Gasteiger partial charge < -0.3 is 9.47 Å². The Bertz CT molecular complexity index is 942. The van der Waals surface area contributed by atoms with E-state index in [9.17, 15) is 4.79 Å². The van der Waals surface area contributed by atoms with Crippen molar-refractivity contribution in [3.05, 3.63) is 71.5 Å². The highest BCUT2D eigenvalue weighted by molar-refractivity contribution is 8.00. The van der Waals surface area contributed by atoms with Crippen LogP contribution in [0.5, 0.6) is 5.75 Å². The molecule has 3 aromatic rings. The molecule has 1 heterocycles.